The third-order valence-corrected chi connectivity index (χ3v) is 5.51. The highest BCUT2D eigenvalue weighted by atomic mass is 32.2. The molecule has 0 aromatic carbocycles. The van der Waals surface area contributed by atoms with Crippen LogP contribution in [0.3, 0.4) is 0 Å². The summed E-state index contributed by atoms with van der Waals surface area (Å²) in [5.41, 5.74) is 0.132. The number of carbonyl (C=O) groups excluding carboxylic acids is 1. The minimum Gasteiger partial charge on any atom is -0.481 e. The smallest absolute Gasteiger partial charge is 0.407 e. The van der Waals surface area contributed by atoms with Crippen molar-refractivity contribution in [2.75, 3.05) is 7.11 Å². The third-order valence-electron chi connectivity index (χ3n) is 4.19. The molecule has 2 N–H and O–H groups in total. The molecule has 1 aromatic heterocycles. The van der Waals surface area contributed by atoms with E-state index in [9.17, 15) is 17.8 Å². The lowest BCUT2D eigenvalue weighted by Gasteiger charge is -2.27. The van der Waals surface area contributed by atoms with Gasteiger partial charge in [0.25, 0.3) is 10.1 Å². The number of amides is 1. The molecule has 1 heterocycles. The molecule has 0 saturated carbocycles. The Hall–Kier alpha value is -1.87. The lowest BCUT2D eigenvalue weighted by atomic mass is 9.89. The zero-order valence-electron chi connectivity index (χ0n) is 16.9. The Balaban J connectivity index is 3.28. The van der Waals surface area contributed by atoms with Gasteiger partial charge < -0.3 is 14.8 Å². The molecular formula is C18H30N2O6S. The van der Waals surface area contributed by atoms with Crippen molar-refractivity contribution in [3.8, 4) is 5.88 Å². The van der Waals surface area contributed by atoms with Crippen LogP contribution >= 0.6 is 0 Å². The number of ether oxygens (including phenoxy) is 2. The molecule has 0 saturated heterocycles. The van der Waals surface area contributed by atoms with Gasteiger partial charge in [-0.3, -0.25) is 4.55 Å². The standard InChI is InChI=1S/C18H30N2O6S/c1-11(2)12(3)16(27(22,23)24)14-8-15(25-7)19-9-13(14)10-20-17(21)26-18(4,5)6/h8-9,11-12,16H,10H2,1-7H3,(H,20,21)(H,22,23,24). The Kier molecular flexibility index (Phi) is 7.62. The van der Waals surface area contributed by atoms with E-state index in [1.54, 1.807) is 27.7 Å². The van der Waals surface area contributed by atoms with Gasteiger partial charge in [-0.05, 0) is 43.7 Å². The molecule has 0 aliphatic carbocycles. The molecule has 2 atom stereocenters. The van der Waals surface area contributed by atoms with Gasteiger partial charge in [-0.25, -0.2) is 9.78 Å². The molecule has 8 nitrogen and oxygen atoms in total. The van der Waals surface area contributed by atoms with Gasteiger partial charge in [0.2, 0.25) is 5.88 Å². The van der Waals surface area contributed by atoms with Crippen LogP contribution < -0.4 is 10.1 Å². The third kappa shape index (κ3) is 6.99. The minimum absolute atomic E-state index is 0.00191. The SMILES string of the molecule is COc1cc(C(C(C)C(C)C)S(=O)(=O)O)c(CNC(=O)OC(C)(C)C)cn1. The predicted octanol–water partition coefficient (Wildman–Crippen LogP) is 3.34. The van der Waals surface area contributed by atoms with Gasteiger partial charge in [-0.1, -0.05) is 20.8 Å². The molecule has 0 aliphatic heterocycles. The Labute approximate surface area is 161 Å². The van der Waals surface area contributed by atoms with Crippen molar-refractivity contribution >= 4 is 16.2 Å². The number of pyridine rings is 1. The molecule has 0 fully saturated rings. The normalized spacial score (nSPS) is 14.6. The first-order valence-electron chi connectivity index (χ1n) is 8.72. The molecule has 9 heteroatoms. The predicted molar refractivity (Wildman–Crippen MR) is 102 cm³/mol. The monoisotopic (exact) mass is 402 g/mol. The maximum Gasteiger partial charge on any atom is 0.407 e. The van der Waals surface area contributed by atoms with Crippen LogP contribution in [0.1, 0.15) is 57.9 Å². The van der Waals surface area contributed by atoms with Gasteiger partial charge in [-0.15, -0.1) is 0 Å². The van der Waals surface area contributed by atoms with Crippen LogP contribution in [-0.4, -0.2) is 36.8 Å². The van der Waals surface area contributed by atoms with Crippen LogP contribution in [0.2, 0.25) is 0 Å². The average Bonchev–Trinajstić information content (AvgIpc) is 2.50. The zero-order valence-corrected chi connectivity index (χ0v) is 17.8. The fraction of sp³-hybridized carbons (Fsp3) is 0.667. The number of carbonyl (C=O) groups is 1. The lowest BCUT2D eigenvalue weighted by molar-refractivity contribution is 0.0523. The highest BCUT2D eigenvalue weighted by Gasteiger charge is 2.35. The molecule has 1 rings (SSSR count). The van der Waals surface area contributed by atoms with Crippen LogP contribution in [0.4, 0.5) is 4.79 Å². The van der Waals surface area contributed by atoms with E-state index in [1.807, 2.05) is 13.8 Å². The molecule has 2 unspecified atom stereocenters. The topological polar surface area (TPSA) is 115 Å². The van der Waals surface area contributed by atoms with E-state index in [0.29, 0.717) is 11.1 Å². The van der Waals surface area contributed by atoms with Crippen molar-refractivity contribution in [1.82, 2.24) is 10.3 Å². The molecule has 27 heavy (non-hydrogen) atoms. The van der Waals surface area contributed by atoms with Gasteiger partial charge in [-0.2, -0.15) is 8.42 Å². The van der Waals surface area contributed by atoms with Crippen molar-refractivity contribution in [1.29, 1.82) is 0 Å². The highest BCUT2D eigenvalue weighted by molar-refractivity contribution is 7.86. The number of nitrogens with zero attached hydrogens (tertiary/aromatic N) is 1. The molecule has 0 bridgehead atoms. The van der Waals surface area contributed by atoms with Gasteiger partial charge in [0.05, 0.1) is 7.11 Å². The second-order valence-electron chi connectivity index (χ2n) is 7.82. The van der Waals surface area contributed by atoms with Crippen molar-refractivity contribution in [2.24, 2.45) is 11.8 Å². The van der Waals surface area contributed by atoms with E-state index in [2.05, 4.69) is 10.3 Å². The van der Waals surface area contributed by atoms with Crippen LogP contribution in [0.25, 0.3) is 0 Å². The number of nitrogens with one attached hydrogen (secondary N) is 1. The van der Waals surface area contributed by atoms with Gasteiger partial charge in [0, 0.05) is 18.8 Å². The van der Waals surface area contributed by atoms with Crippen molar-refractivity contribution in [3.63, 3.8) is 0 Å². The molecule has 154 valence electrons. The zero-order chi connectivity index (χ0) is 21.0. The molecule has 0 radical (unpaired) electrons. The second kappa shape index (κ2) is 8.88. The molecule has 0 spiro atoms. The van der Waals surface area contributed by atoms with Gasteiger partial charge in [0.15, 0.2) is 0 Å². The van der Waals surface area contributed by atoms with Crippen LogP contribution in [-0.2, 0) is 21.4 Å². The number of aromatic nitrogens is 1. The van der Waals surface area contributed by atoms with Crippen molar-refractivity contribution in [3.05, 3.63) is 23.4 Å². The number of hydrogen-bond acceptors (Lipinski definition) is 6. The summed E-state index contributed by atoms with van der Waals surface area (Å²) < 4.78 is 44.4. The fourth-order valence-corrected chi connectivity index (χ4v) is 3.95. The molecule has 0 aliphatic rings. The molecule has 1 amide bonds. The molecular weight excluding hydrogens is 372 g/mol. The van der Waals surface area contributed by atoms with E-state index in [-0.39, 0.29) is 24.3 Å². The van der Waals surface area contributed by atoms with Crippen LogP contribution in [0.15, 0.2) is 12.3 Å². The number of rotatable bonds is 7. The van der Waals surface area contributed by atoms with E-state index in [0.717, 1.165) is 0 Å². The summed E-state index contributed by atoms with van der Waals surface area (Å²) in [5, 5.41) is 1.41. The number of alkyl carbamates (subject to hydrolysis) is 1. The summed E-state index contributed by atoms with van der Waals surface area (Å²) >= 11 is 0. The Morgan fingerprint density at radius 2 is 1.89 bits per heavy atom. The van der Waals surface area contributed by atoms with E-state index in [1.165, 1.54) is 19.4 Å². The van der Waals surface area contributed by atoms with Crippen molar-refractivity contribution < 1.29 is 27.2 Å². The Bertz CT molecular complexity index is 756. The Morgan fingerprint density at radius 3 is 2.33 bits per heavy atom. The second-order valence-corrected chi connectivity index (χ2v) is 9.36. The first-order valence-corrected chi connectivity index (χ1v) is 10.2. The van der Waals surface area contributed by atoms with E-state index < -0.39 is 27.1 Å². The molecule has 1 aromatic rings. The number of methoxy groups -OCH3 is 1. The van der Waals surface area contributed by atoms with Gasteiger partial charge >= 0.3 is 6.09 Å². The summed E-state index contributed by atoms with van der Waals surface area (Å²) in [7, 11) is -2.99. The first-order chi connectivity index (χ1) is 12.3. The number of hydrogen-bond donors (Lipinski definition) is 2. The highest BCUT2D eigenvalue weighted by Crippen LogP contribution is 2.37. The van der Waals surface area contributed by atoms with Crippen LogP contribution in [0.5, 0.6) is 5.88 Å². The van der Waals surface area contributed by atoms with Crippen LogP contribution in [0, 0.1) is 11.8 Å². The lowest BCUT2D eigenvalue weighted by Crippen LogP contribution is -2.33. The summed E-state index contributed by atoms with van der Waals surface area (Å²) in [6.45, 7) is 10.7. The summed E-state index contributed by atoms with van der Waals surface area (Å²) in [5.74, 6) is -0.175. The largest absolute Gasteiger partial charge is 0.481 e. The average molecular weight is 403 g/mol. The quantitative estimate of drug-likeness (QED) is 0.672. The maximum atomic E-state index is 12.1. The fourth-order valence-electron chi connectivity index (χ4n) is 2.55. The Morgan fingerprint density at radius 1 is 1.30 bits per heavy atom. The van der Waals surface area contributed by atoms with Gasteiger partial charge in [0.1, 0.15) is 10.9 Å². The maximum absolute atomic E-state index is 12.1. The summed E-state index contributed by atoms with van der Waals surface area (Å²) in [6, 6.07) is 1.48. The first kappa shape index (κ1) is 23.2. The summed E-state index contributed by atoms with van der Waals surface area (Å²) in [4.78, 5) is 16.0. The van der Waals surface area contributed by atoms with E-state index in [4.69, 9.17) is 9.47 Å². The summed E-state index contributed by atoms with van der Waals surface area (Å²) in [6.07, 6.45) is 0.793. The van der Waals surface area contributed by atoms with Crippen molar-refractivity contribution in [2.45, 2.75) is 58.9 Å². The van der Waals surface area contributed by atoms with E-state index >= 15 is 0 Å². The minimum atomic E-state index is -4.40.